The minimum atomic E-state index is 0.0428. The first kappa shape index (κ1) is 22.9. The van der Waals surface area contributed by atoms with E-state index in [4.69, 9.17) is 4.99 Å². The van der Waals surface area contributed by atoms with Gasteiger partial charge in [0, 0.05) is 40.3 Å². The predicted molar refractivity (Wildman–Crippen MR) is 142 cm³/mol. The minimum absolute atomic E-state index is 0.0428. The van der Waals surface area contributed by atoms with Gasteiger partial charge in [0.25, 0.3) is 5.91 Å². The van der Waals surface area contributed by atoms with E-state index in [-0.39, 0.29) is 12.1 Å². The first-order valence-corrected chi connectivity index (χ1v) is 13.0. The molecule has 7 heteroatoms. The number of thiophene rings is 1. The summed E-state index contributed by atoms with van der Waals surface area (Å²) in [6.07, 6.45) is 4.44. The van der Waals surface area contributed by atoms with Crippen LogP contribution in [0.2, 0.25) is 0 Å². The summed E-state index contributed by atoms with van der Waals surface area (Å²) in [5, 5.41) is 9.76. The van der Waals surface area contributed by atoms with Crippen molar-refractivity contribution >= 4 is 39.0 Å². The molecule has 178 valence electrons. The number of nitrogens with one attached hydrogen (secondary N) is 2. The highest BCUT2D eigenvalue weighted by Crippen LogP contribution is 2.34. The lowest BCUT2D eigenvalue weighted by Crippen LogP contribution is -2.46. The molecular weight excluding hydrogens is 442 g/mol. The lowest BCUT2D eigenvalue weighted by atomic mass is 9.86. The summed E-state index contributed by atoms with van der Waals surface area (Å²) in [6, 6.07) is 16.9. The average Bonchev–Trinajstić information content (AvgIpc) is 3.28. The third-order valence-electron chi connectivity index (χ3n) is 7.07. The first-order valence-electron chi connectivity index (χ1n) is 12.1. The number of carbonyl (C=O) groups is 1. The van der Waals surface area contributed by atoms with Crippen molar-refractivity contribution in [2.24, 2.45) is 10.9 Å². The van der Waals surface area contributed by atoms with Gasteiger partial charge < -0.3 is 15.5 Å². The van der Waals surface area contributed by atoms with Crippen LogP contribution in [0.5, 0.6) is 0 Å². The number of fused-ring (bicyclic) bond motifs is 2. The van der Waals surface area contributed by atoms with Gasteiger partial charge >= 0.3 is 0 Å². The van der Waals surface area contributed by atoms with Gasteiger partial charge in [0.15, 0.2) is 5.96 Å². The Morgan fingerprint density at radius 3 is 2.65 bits per heavy atom. The first-order chi connectivity index (χ1) is 16.5. The van der Waals surface area contributed by atoms with E-state index in [1.807, 2.05) is 23.6 Å². The fourth-order valence-electron chi connectivity index (χ4n) is 5.25. The fourth-order valence-corrected chi connectivity index (χ4v) is 6.19. The molecule has 1 fully saturated rings. The number of para-hydroxylation sites is 1. The van der Waals surface area contributed by atoms with Gasteiger partial charge in [-0.05, 0) is 57.8 Å². The zero-order valence-electron chi connectivity index (χ0n) is 20.1. The number of carbonyl (C=O) groups excluding carboxylic acids is 1. The molecule has 1 unspecified atom stereocenters. The fraction of sp³-hybridized carbons (Fsp3) is 0.407. The summed E-state index contributed by atoms with van der Waals surface area (Å²) < 4.78 is 1.16. The van der Waals surface area contributed by atoms with E-state index in [9.17, 15) is 4.79 Å². The van der Waals surface area contributed by atoms with Crippen molar-refractivity contribution < 1.29 is 4.79 Å². The SMILES string of the molecule is CN(C)C1c2ccccc2NC(=NC2CCC(CNC(=O)c3csc4ccccc34)CC2)N1C. The monoisotopic (exact) mass is 475 g/mol. The standard InChI is InChI=1S/C27H33N5OS/c1-31(2)26-21-9-4-6-10-23(21)30-27(32(26)3)29-19-14-12-18(13-15-19)16-28-25(33)22-17-34-24-11-7-5-8-20(22)24/h4-11,17-19,26H,12-16H2,1-3H3,(H,28,33)(H,29,30). The van der Waals surface area contributed by atoms with Crippen LogP contribution in [0.15, 0.2) is 58.9 Å². The van der Waals surface area contributed by atoms with Crippen LogP contribution in [-0.4, -0.2) is 55.4 Å². The molecule has 34 heavy (non-hydrogen) atoms. The van der Waals surface area contributed by atoms with Crippen molar-refractivity contribution in [1.29, 1.82) is 0 Å². The lowest BCUT2D eigenvalue weighted by Gasteiger charge is -2.41. The minimum Gasteiger partial charge on any atom is -0.352 e. The Balaban J connectivity index is 1.18. The predicted octanol–water partition coefficient (Wildman–Crippen LogP) is 5.16. The highest BCUT2D eigenvalue weighted by Gasteiger charge is 2.31. The largest absolute Gasteiger partial charge is 0.352 e. The maximum Gasteiger partial charge on any atom is 0.252 e. The second kappa shape index (κ2) is 9.76. The van der Waals surface area contributed by atoms with Gasteiger partial charge in [-0.25, -0.2) is 4.99 Å². The number of amides is 1. The van der Waals surface area contributed by atoms with Gasteiger partial charge in [-0.3, -0.25) is 9.69 Å². The zero-order chi connectivity index (χ0) is 23.7. The molecule has 3 aromatic rings. The van der Waals surface area contributed by atoms with Crippen LogP contribution in [0.4, 0.5) is 5.69 Å². The van der Waals surface area contributed by atoms with Crippen molar-refractivity contribution in [1.82, 2.24) is 15.1 Å². The molecule has 2 N–H and O–H groups in total. The van der Waals surface area contributed by atoms with E-state index in [2.05, 4.69) is 71.9 Å². The molecule has 2 aliphatic rings. The molecule has 1 aromatic heterocycles. The van der Waals surface area contributed by atoms with Gasteiger partial charge in [0.1, 0.15) is 6.17 Å². The highest BCUT2D eigenvalue weighted by molar-refractivity contribution is 7.17. The summed E-state index contributed by atoms with van der Waals surface area (Å²) in [5.74, 6) is 1.50. The van der Waals surface area contributed by atoms with E-state index >= 15 is 0 Å². The molecule has 1 saturated carbocycles. The molecule has 5 rings (SSSR count). The summed E-state index contributed by atoms with van der Waals surface area (Å²) in [5.41, 5.74) is 3.20. The van der Waals surface area contributed by atoms with E-state index in [0.29, 0.717) is 12.0 Å². The molecule has 1 aliphatic heterocycles. The molecule has 2 heterocycles. The summed E-state index contributed by atoms with van der Waals surface area (Å²) in [4.78, 5) is 22.4. The van der Waals surface area contributed by atoms with Gasteiger partial charge in [0.05, 0.1) is 11.6 Å². The average molecular weight is 476 g/mol. The summed E-state index contributed by atoms with van der Waals surface area (Å²) in [6.45, 7) is 0.737. The number of rotatable bonds is 5. The number of benzene rings is 2. The van der Waals surface area contributed by atoms with Crippen LogP contribution in [-0.2, 0) is 0 Å². The van der Waals surface area contributed by atoms with Crippen LogP contribution in [0, 0.1) is 5.92 Å². The number of nitrogens with zero attached hydrogens (tertiary/aromatic N) is 3. The lowest BCUT2D eigenvalue weighted by molar-refractivity contribution is 0.0945. The Morgan fingerprint density at radius 1 is 1.12 bits per heavy atom. The van der Waals surface area contributed by atoms with Crippen LogP contribution >= 0.6 is 11.3 Å². The maximum absolute atomic E-state index is 12.8. The number of hydrogen-bond donors (Lipinski definition) is 2. The zero-order valence-corrected chi connectivity index (χ0v) is 20.9. The van der Waals surface area contributed by atoms with Gasteiger partial charge in [-0.15, -0.1) is 11.3 Å². The quantitative estimate of drug-likeness (QED) is 0.535. The van der Waals surface area contributed by atoms with Crippen LogP contribution in [0.3, 0.4) is 0 Å². The van der Waals surface area contributed by atoms with Crippen molar-refractivity contribution in [3.8, 4) is 0 Å². The number of anilines is 1. The topological polar surface area (TPSA) is 60.0 Å². The molecule has 1 aliphatic carbocycles. The Hall–Kier alpha value is -2.90. The molecule has 0 saturated heterocycles. The van der Waals surface area contributed by atoms with Crippen LogP contribution in [0.1, 0.15) is 47.8 Å². The van der Waals surface area contributed by atoms with Crippen molar-refractivity contribution in [3.05, 3.63) is 65.0 Å². The van der Waals surface area contributed by atoms with Crippen LogP contribution in [0.25, 0.3) is 10.1 Å². The Kier molecular flexibility index (Phi) is 6.57. The third-order valence-corrected chi connectivity index (χ3v) is 8.04. The molecule has 1 atom stereocenters. The van der Waals surface area contributed by atoms with E-state index in [1.165, 1.54) is 5.56 Å². The molecule has 2 aromatic carbocycles. The molecule has 0 radical (unpaired) electrons. The van der Waals surface area contributed by atoms with Gasteiger partial charge in [-0.1, -0.05) is 36.4 Å². The highest BCUT2D eigenvalue weighted by atomic mass is 32.1. The molecule has 0 bridgehead atoms. The number of aliphatic imine (C=N–C) groups is 1. The number of guanidine groups is 1. The third kappa shape index (κ3) is 4.55. The molecule has 1 amide bonds. The van der Waals surface area contributed by atoms with E-state index < -0.39 is 0 Å². The Labute approximate surface area is 205 Å². The second-order valence-corrected chi connectivity index (χ2v) is 10.6. The maximum atomic E-state index is 12.8. The Morgan fingerprint density at radius 2 is 1.85 bits per heavy atom. The summed E-state index contributed by atoms with van der Waals surface area (Å²) >= 11 is 1.63. The molecule has 0 spiro atoms. The summed E-state index contributed by atoms with van der Waals surface area (Å²) in [7, 11) is 6.33. The second-order valence-electron chi connectivity index (χ2n) is 9.64. The van der Waals surface area contributed by atoms with E-state index in [1.54, 1.807) is 11.3 Å². The molecular formula is C27H33N5OS. The smallest absolute Gasteiger partial charge is 0.252 e. The van der Waals surface area contributed by atoms with Crippen LogP contribution < -0.4 is 10.6 Å². The number of hydrogen-bond acceptors (Lipinski definition) is 4. The van der Waals surface area contributed by atoms with Gasteiger partial charge in [0.2, 0.25) is 0 Å². The molecule has 6 nitrogen and oxygen atoms in total. The Bertz CT molecular complexity index is 1190. The normalized spacial score (nSPS) is 23.7. The van der Waals surface area contributed by atoms with Crippen molar-refractivity contribution in [2.45, 2.75) is 37.9 Å². The van der Waals surface area contributed by atoms with Crippen molar-refractivity contribution in [3.63, 3.8) is 0 Å². The van der Waals surface area contributed by atoms with Crippen molar-refractivity contribution in [2.75, 3.05) is 33.0 Å². The van der Waals surface area contributed by atoms with Gasteiger partial charge in [-0.2, -0.15) is 0 Å². The van der Waals surface area contributed by atoms with E-state index in [0.717, 1.165) is 59.5 Å².